The third kappa shape index (κ3) is 3.68. The van der Waals surface area contributed by atoms with Crippen LogP contribution in [0, 0.1) is 5.82 Å². The molecular weight excluding hydrogens is 431 g/mol. The van der Waals surface area contributed by atoms with Crippen LogP contribution in [0.5, 0.6) is 0 Å². The summed E-state index contributed by atoms with van der Waals surface area (Å²) in [6, 6.07) is 18.8. The van der Waals surface area contributed by atoms with E-state index in [0.717, 1.165) is 16.9 Å². The standard InChI is InChI=1S/C27H27FN4S/c1-17-16-27(2,3)31(4)23-13-8-18(15-21(17)23)25-24(22-7-5-6-14-29-22)30-26(33)32(25)20-11-9-19(28)10-12-20/h5-16,24-25H,1-4H3,(H,30,33). The smallest absolute Gasteiger partial charge is 0.174 e. The Balaban J connectivity index is 1.65. The minimum absolute atomic E-state index is 0.0499. The van der Waals surface area contributed by atoms with Crippen molar-refractivity contribution in [2.45, 2.75) is 38.4 Å². The summed E-state index contributed by atoms with van der Waals surface area (Å²) in [7, 11) is 2.13. The van der Waals surface area contributed by atoms with Crippen LogP contribution in [0.1, 0.15) is 49.7 Å². The van der Waals surface area contributed by atoms with E-state index < -0.39 is 0 Å². The maximum Gasteiger partial charge on any atom is 0.174 e. The van der Waals surface area contributed by atoms with Crippen LogP contribution >= 0.6 is 12.2 Å². The average Bonchev–Trinajstić information content (AvgIpc) is 3.15. The molecule has 3 aromatic rings. The van der Waals surface area contributed by atoms with Crippen LogP contribution in [0.25, 0.3) is 5.57 Å². The van der Waals surface area contributed by atoms with Crippen molar-refractivity contribution in [3.8, 4) is 0 Å². The molecule has 0 spiro atoms. The van der Waals surface area contributed by atoms with Crippen LogP contribution in [0.4, 0.5) is 15.8 Å². The number of likely N-dealkylation sites (N-methyl/N-ethyl adjacent to an activating group) is 1. The first-order valence-electron chi connectivity index (χ1n) is 11.1. The molecule has 5 rings (SSSR count). The van der Waals surface area contributed by atoms with E-state index in [1.165, 1.54) is 29.0 Å². The highest BCUT2D eigenvalue weighted by atomic mass is 32.1. The van der Waals surface area contributed by atoms with Gasteiger partial charge in [0.2, 0.25) is 0 Å². The molecule has 2 unspecified atom stereocenters. The first-order chi connectivity index (χ1) is 15.8. The molecule has 0 bridgehead atoms. The summed E-state index contributed by atoms with van der Waals surface area (Å²) in [5.74, 6) is -0.269. The Bertz CT molecular complexity index is 1240. The number of benzene rings is 2. The van der Waals surface area contributed by atoms with Crippen LogP contribution < -0.4 is 15.1 Å². The number of aromatic nitrogens is 1. The lowest BCUT2D eigenvalue weighted by molar-refractivity contribution is 0.566. The molecule has 0 aliphatic carbocycles. The van der Waals surface area contributed by atoms with E-state index >= 15 is 0 Å². The Hall–Kier alpha value is -3.25. The molecule has 4 nitrogen and oxygen atoms in total. The van der Waals surface area contributed by atoms with Gasteiger partial charge in [-0.1, -0.05) is 18.2 Å². The molecule has 2 aliphatic rings. The van der Waals surface area contributed by atoms with Gasteiger partial charge in [0.25, 0.3) is 0 Å². The Morgan fingerprint density at radius 1 is 1.06 bits per heavy atom. The van der Waals surface area contributed by atoms with E-state index in [1.807, 2.05) is 18.2 Å². The minimum Gasteiger partial charge on any atom is -0.366 e. The van der Waals surface area contributed by atoms with Crippen LogP contribution in [0.15, 0.2) is 72.9 Å². The quantitative estimate of drug-likeness (QED) is 0.485. The van der Waals surface area contributed by atoms with Gasteiger partial charge in [0.05, 0.1) is 23.3 Å². The second-order valence-corrected chi connectivity index (χ2v) is 9.68. The number of nitrogens with one attached hydrogen (secondary N) is 1. The lowest BCUT2D eigenvalue weighted by Crippen LogP contribution is -2.42. The Labute approximate surface area is 199 Å². The van der Waals surface area contributed by atoms with Gasteiger partial charge in [0.15, 0.2) is 5.11 Å². The molecule has 3 heterocycles. The monoisotopic (exact) mass is 458 g/mol. The topological polar surface area (TPSA) is 31.4 Å². The van der Waals surface area contributed by atoms with Crippen molar-refractivity contribution in [2.75, 3.05) is 16.8 Å². The summed E-state index contributed by atoms with van der Waals surface area (Å²) in [5, 5.41) is 4.07. The van der Waals surface area contributed by atoms with Gasteiger partial charge in [-0.05, 0) is 92.7 Å². The van der Waals surface area contributed by atoms with Crippen molar-refractivity contribution in [1.29, 1.82) is 0 Å². The SMILES string of the molecule is CC1=CC(C)(C)N(C)c2ccc(C3C(c4ccccn4)NC(=S)N3c3ccc(F)cc3)cc21. The summed E-state index contributed by atoms with van der Waals surface area (Å²) in [6.45, 7) is 6.61. The van der Waals surface area contributed by atoms with Gasteiger partial charge in [-0.15, -0.1) is 0 Å². The van der Waals surface area contributed by atoms with E-state index in [-0.39, 0.29) is 23.4 Å². The van der Waals surface area contributed by atoms with Crippen molar-refractivity contribution in [3.05, 3.63) is 95.6 Å². The number of nitrogens with zero attached hydrogens (tertiary/aromatic N) is 3. The van der Waals surface area contributed by atoms with Crippen LogP contribution in [0.2, 0.25) is 0 Å². The van der Waals surface area contributed by atoms with E-state index in [9.17, 15) is 4.39 Å². The number of pyridine rings is 1. The average molecular weight is 459 g/mol. The summed E-state index contributed by atoms with van der Waals surface area (Å²) in [6.07, 6.45) is 4.11. The van der Waals surface area contributed by atoms with E-state index in [0.29, 0.717) is 5.11 Å². The molecule has 1 saturated heterocycles. The largest absolute Gasteiger partial charge is 0.366 e. The molecule has 0 radical (unpaired) electrons. The molecule has 1 fully saturated rings. The van der Waals surface area contributed by atoms with E-state index in [1.54, 1.807) is 18.3 Å². The first-order valence-corrected chi connectivity index (χ1v) is 11.5. The van der Waals surface area contributed by atoms with Crippen molar-refractivity contribution in [2.24, 2.45) is 0 Å². The number of hydrogen-bond acceptors (Lipinski definition) is 3. The van der Waals surface area contributed by atoms with Crippen LogP contribution in [-0.4, -0.2) is 22.7 Å². The summed E-state index contributed by atoms with van der Waals surface area (Å²) >= 11 is 5.78. The van der Waals surface area contributed by atoms with E-state index in [2.05, 4.69) is 72.2 Å². The highest BCUT2D eigenvalue weighted by molar-refractivity contribution is 7.80. The van der Waals surface area contributed by atoms with Gasteiger partial charge in [0, 0.05) is 30.2 Å². The zero-order valence-electron chi connectivity index (χ0n) is 19.2. The van der Waals surface area contributed by atoms with Gasteiger partial charge in [0.1, 0.15) is 5.82 Å². The fourth-order valence-electron chi connectivity index (χ4n) is 4.93. The van der Waals surface area contributed by atoms with Gasteiger partial charge >= 0.3 is 0 Å². The summed E-state index contributed by atoms with van der Waals surface area (Å²) in [5.41, 5.74) is 6.52. The molecule has 0 amide bonds. The Morgan fingerprint density at radius 2 is 1.82 bits per heavy atom. The maximum atomic E-state index is 13.7. The van der Waals surface area contributed by atoms with Gasteiger partial charge in [-0.25, -0.2) is 4.39 Å². The Morgan fingerprint density at radius 3 is 2.52 bits per heavy atom. The molecule has 168 valence electrons. The predicted molar refractivity (Wildman–Crippen MR) is 137 cm³/mol. The molecule has 6 heteroatoms. The van der Waals surface area contributed by atoms with Gasteiger partial charge < -0.3 is 15.1 Å². The van der Waals surface area contributed by atoms with Crippen molar-refractivity contribution in [3.63, 3.8) is 0 Å². The molecule has 1 N–H and O–H groups in total. The number of fused-ring (bicyclic) bond motifs is 1. The Kier molecular flexibility index (Phi) is 5.20. The van der Waals surface area contributed by atoms with Gasteiger partial charge in [-0.3, -0.25) is 4.98 Å². The molecule has 0 saturated carbocycles. The molecule has 2 atom stereocenters. The molecule has 1 aromatic heterocycles. The second kappa shape index (κ2) is 7.96. The minimum atomic E-state index is -0.269. The summed E-state index contributed by atoms with van der Waals surface area (Å²) in [4.78, 5) is 9.00. The zero-order valence-corrected chi connectivity index (χ0v) is 20.0. The lowest BCUT2D eigenvalue weighted by atomic mass is 9.86. The van der Waals surface area contributed by atoms with Crippen molar-refractivity contribution >= 4 is 34.3 Å². The normalized spacial score (nSPS) is 21.5. The third-order valence-electron chi connectivity index (χ3n) is 6.79. The molecule has 2 aromatic carbocycles. The number of halogens is 1. The molecule has 33 heavy (non-hydrogen) atoms. The molecular formula is C27H27FN4S. The number of hydrogen-bond donors (Lipinski definition) is 1. The third-order valence-corrected chi connectivity index (χ3v) is 7.10. The fourth-order valence-corrected chi connectivity index (χ4v) is 5.28. The number of allylic oxidation sites excluding steroid dienone is 1. The number of rotatable bonds is 3. The zero-order chi connectivity index (χ0) is 23.3. The van der Waals surface area contributed by atoms with Crippen molar-refractivity contribution < 1.29 is 4.39 Å². The fraction of sp³-hybridized carbons (Fsp3) is 0.259. The van der Waals surface area contributed by atoms with E-state index in [4.69, 9.17) is 12.2 Å². The highest BCUT2D eigenvalue weighted by Gasteiger charge is 2.41. The maximum absolute atomic E-state index is 13.7. The van der Waals surface area contributed by atoms with Crippen LogP contribution in [-0.2, 0) is 0 Å². The number of anilines is 2. The lowest BCUT2D eigenvalue weighted by Gasteiger charge is -2.41. The predicted octanol–water partition coefficient (Wildman–Crippen LogP) is 6.03. The van der Waals surface area contributed by atoms with Crippen molar-refractivity contribution in [1.82, 2.24) is 10.3 Å². The highest BCUT2D eigenvalue weighted by Crippen LogP contribution is 2.45. The molecule has 2 aliphatic heterocycles. The second-order valence-electron chi connectivity index (χ2n) is 9.29. The summed E-state index contributed by atoms with van der Waals surface area (Å²) < 4.78 is 13.7. The van der Waals surface area contributed by atoms with Gasteiger partial charge in [-0.2, -0.15) is 0 Å². The van der Waals surface area contributed by atoms with Crippen LogP contribution in [0.3, 0.4) is 0 Å². The number of thiocarbonyl (C=S) groups is 1. The first kappa shape index (κ1) is 21.6.